The van der Waals surface area contributed by atoms with E-state index in [0.29, 0.717) is 6.61 Å². The summed E-state index contributed by atoms with van der Waals surface area (Å²) in [6.45, 7) is 10.9. The molecular weight excluding hydrogens is 204 g/mol. The van der Waals surface area contributed by atoms with Gasteiger partial charge in [0, 0.05) is 45.3 Å². The Labute approximate surface area is 99.1 Å². The predicted octanol–water partition coefficient (Wildman–Crippen LogP) is 0.770. The van der Waals surface area contributed by atoms with Crippen LogP contribution in [0, 0.1) is 0 Å². The Bertz CT molecular complexity index is 196. The lowest BCUT2D eigenvalue weighted by Gasteiger charge is -2.26. The molecule has 4 heteroatoms. The van der Waals surface area contributed by atoms with Crippen LogP contribution in [0.2, 0.25) is 0 Å². The van der Waals surface area contributed by atoms with Gasteiger partial charge in [0.15, 0.2) is 0 Å². The molecule has 0 saturated carbocycles. The van der Waals surface area contributed by atoms with Gasteiger partial charge in [0.25, 0.3) is 0 Å². The van der Waals surface area contributed by atoms with Gasteiger partial charge in [-0.15, -0.1) is 0 Å². The molecule has 0 bridgehead atoms. The van der Waals surface area contributed by atoms with Crippen molar-refractivity contribution in [2.24, 2.45) is 0 Å². The summed E-state index contributed by atoms with van der Waals surface area (Å²) in [6.07, 6.45) is 0.989. The number of rotatable bonds is 6. The Morgan fingerprint density at radius 1 is 1.31 bits per heavy atom. The monoisotopic (exact) mass is 230 g/mol. The SMILES string of the molecule is COC1(CNCCNC(C)(C)C)CCOC1. The fraction of sp³-hybridized carbons (Fsp3) is 1.00. The third-order valence-electron chi connectivity index (χ3n) is 2.90. The lowest BCUT2D eigenvalue weighted by Crippen LogP contribution is -2.46. The van der Waals surface area contributed by atoms with Crippen LogP contribution in [-0.4, -0.2) is 51.1 Å². The van der Waals surface area contributed by atoms with Gasteiger partial charge in [-0.05, 0) is 20.8 Å². The number of methoxy groups -OCH3 is 1. The van der Waals surface area contributed by atoms with Crippen LogP contribution < -0.4 is 10.6 Å². The van der Waals surface area contributed by atoms with Gasteiger partial charge >= 0.3 is 0 Å². The average Bonchev–Trinajstić information content (AvgIpc) is 2.65. The van der Waals surface area contributed by atoms with E-state index in [1.807, 2.05) is 0 Å². The summed E-state index contributed by atoms with van der Waals surface area (Å²) in [5.74, 6) is 0. The van der Waals surface area contributed by atoms with Gasteiger partial charge in [0.1, 0.15) is 5.60 Å². The van der Waals surface area contributed by atoms with Crippen LogP contribution in [0.4, 0.5) is 0 Å². The second-order valence-corrected chi connectivity index (χ2v) is 5.54. The molecule has 1 fully saturated rings. The van der Waals surface area contributed by atoms with E-state index in [-0.39, 0.29) is 11.1 Å². The molecule has 1 unspecified atom stereocenters. The Morgan fingerprint density at radius 3 is 2.56 bits per heavy atom. The molecule has 0 spiro atoms. The fourth-order valence-corrected chi connectivity index (χ4v) is 1.80. The summed E-state index contributed by atoms with van der Waals surface area (Å²) in [7, 11) is 1.77. The Hall–Kier alpha value is -0.160. The maximum absolute atomic E-state index is 5.54. The lowest BCUT2D eigenvalue weighted by molar-refractivity contribution is -0.0155. The number of nitrogens with one attached hydrogen (secondary N) is 2. The second-order valence-electron chi connectivity index (χ2n) is 5.54. The van der Waals surface area contributed by atoms with Gasteiger partial charge in [-0.25, -0.2) is 0 Å². The molecule has 1 aliphatic rings. The molecule has 0 radical (unpaired) electrons. The minimum absolute atomic E-state index is 0.0955. The molecule has 1 heterocycles. The highest BCUT2D eigenvalue weighted by Crippen LogP contribution is 2.21. The molecule has 1 rings (SSSR count). The fourth-order valence-electron chi connectivity index (χ4n) is 1.80. The molecule has 1 atom stereocenters. The predicted molar refractivity (Wildman–Crippen MR) is 65.8 cm³/mol. The zero-order valence-electron chi connectivity index (χ0n) is 11.1. The summed E-state index contributed by atoms with van der Waals surface area (Å²) >= 11 is 0. The lowest BCUT2D eigenvalue weighted by atomic mass is 10.0. The number of hydrogen-bond acceptors (Lipinski definition) is 4. The van der Waals surface area contributed by atoms with Crippen molar-refractivity contribution in [3.05, 3.63) is 0 Å². The van der Waals surface area contributed by atoms with Crippen molar-refractivity contribution in [1.82, 2.24) is 10.6 Å². The third kappa shape index (κ3) is 4.78. The second kappa shape index (κ2) is 5.96. The zero-order valence-corrected chi connectivity index (χ0v) is 11.1. The minimum atomic E-state index is -0.0955. The first-order chi connectivity index (χ1) is 7.47. The minimum Gasteiger partial charge on any atom is -0.378 e. The van der Waals surface area contributed by atoms with Gasteiger partial charge in [-0.2, -0.15) is 0 Å². The Kier molecular flexibility index (Phi) is 5.18. The van der Waals surface area contributed by atoms with Crippen LogP contribution in [0.5, 0.6) is 0 Å². The topological polar surface area (TPSA) is 42.5 Å². The van der Waals surface area contributed by atoms with Crippen LogP contribution in [0.3, 0.4) is 0 Å². The zero-order chi connectivity index (χ0) is 12.1. The molecule has 4 nitrogen and oxygen atoms in total. The van der Waals surface area contributed by atoms with E-state index < -0.39 is 0 Å². The van der Waals surface area contributed by atoms with Crippen molar-refractivity contribution in [1.29, 1.82) is 0 Å². The van der Waals surface area contributed by atoms with Gasteiger partial charge < -0.3 is 20.1 Å². The smallest absolute Gasteiger partial charge is 0.106 e. The van der Waals surface area contributed by atoms with Crippen molar-refractivity contribution in [2.75, 3.05) is 40.0 Å². The van der Waals surface area contributed by atoms with E-state index in [1.54, 1.807) is 7.11 Å². The molecule has 1 saturated heterocycles. The van der Waals surface area contributed by atoms with E-state index in [4.69, 9.17) is 9.47 Å². The quantitative estimate of drug-likeness (QED) is 0.662. The molecule has 96 valence electrons. The summed E-state index contributed by atoms with van der Waals surface area (Å²) in [5.41, 5.74) is 0.0961. The molecule has 0 aromatic carbocycles. The molecule has 16 heavy (non-hydrogen) atoms. The van der Waals surface area contributed by atoms with Crippen molar-refractivity contribution < 1.29 is 9.47 Å². The highest BCUT2D eigenvalue weighted by atomic mass is 16.5. The summed E-state index contributed by atoms with van der Waals surface area (Å²) in [4.78, 5) is 0. The van der Waals surface area contributed by atoms with Crippen molar-refractivity contribution in [2.45, 2.75) is 38.3 Å². The van der Waals surface area contributed by atoms with Crippen LogP contribution >= 0.6 is 0 Å². The normalized spacial score (nSPS) is 26.2. The van der Waals surface area contributed by atoms with Crippen molar-refractivity contribution in [3.63, 3.8) is 0 Å². The number of hydrogen-bond donors (Lipinski definition) is 2. The maximum Gasteiger partial charge on any atom is 0.106 e. The molecule has 0 amide bonds. The molecule has 0 aromatic rings. The van der Waals surface area contributed by atoms with Gasteiger partial charge in [0.05, 0.1) is 6.61 Å². The van der Waals surface area contributed by atoms with Gasteiger partial charge in [0.2, 0.25) is 0 Å². The van der Waals surface area contributed by atoms with Crippen LogP contribution in [0.1, 0.15) is 27.2 Å². The van der Waals surface area contributed by atoms with Crippen molar-refractivity contribution >= 4 is 0 Å². The molecular formula is C12H26N2O2. The third-order valence-corrected chi connectivity index (χ3v) is 2.90. The molecule has 1 aliphatic heterocycles. The van der Waals surface area contributed by atoms with Crippen LogP contribution in [0.15, 0.2) is 0 Å². The highest BCUT2D eigenvalue weighted by Gasteiger charge is 2.34. The summed E-state index contributed by atoms with van der Waals surface area (Å²) in [6, 6.07) is 0. The Morgan fingerprint density at radius 2 is 2.06 bits per heavy atom. The summed E-state index contributed by atoms with van der Waals surface area (Å²) < 4.78 is 10.9. The number of ether oxygens (including phenoxy) is 2. The Balaban J connectivity index is 2.10. The summed E-state index contributed by atoms with van der Waals surface area (Å²) in [5, 5.41) is 6.87. The first-order valence-corrected chi connectivity index (χ1v) is 6.06. The van der Waals surface area contributed by atoms with E-state index in [2.05, 4.69) is 31.4 Å². The largest absolute Gasteiger partial charge is 0.378 e. The van der Waals surface area contributed by atoms with E-state index in [9.17, 15) is 0 Å². The molecule has 2 N–H and O–H groups in total. The molecule has 0 aliphatic carbocycles. The first-order valence-electron chi connectivity index (χ1n) is 6.06. The van der Waals surface area contributed by atoms with E-state index in [0.717, 1.165) is 32.7 Å². The van der Waals surface area contributed by atoms with Crippen LogP contribution in [-0.2, 0) is 9.47 Å². The molecule has 0 aromatic heterocycles. The maximum atomic E-state index is 5.54. The van der Waals surface area contributed by atoms with E-state index >= 15 is 0 Å². The highest BCUT2D eigenvalue weighted by molar-refractivity contribution is 4.87. The van der Waals surface area contributed by atoms with Crippen molar-refractivity contribution in [3.8, 4) is 0 Å². The first kappa shape index (κ1) is 13.9. The van der Waals surface area contributed by atoms with Gasteiger partial charge in [-0.1, -0.05) is 0 Å². The average molecular weight is 230 g/mol. The van der Waals surface area contributed by atoms with Crippen LogP contribution in [0.25, 0.3) is 0 Å². The van der Waals surface area contributed by atoms with Gasteiger partial charge in [-0.3, -0.25) is 0 Å². The standard InChI is InChI=1S/C12H26N2O2/c1-11(2,3)14-7-6-13-9-12(15-4)5-8-16-10-12/h13-14H,5-10H2,1-4H3. The van der Waals surface area contributed by atoms with E-state index in [1.165, 1.54) is 0 Å².